The van der Waals surface area contributed by atoms with Crippen LogP contribution in [0.1, 0.15) is 25.7 Å². The van der Waals surface area contributed by atoms with Gasteiger partial charge in [0, 0.05) is 19.6 Å². The smallest absolute Gasteiger partial charge is 0.242 e. The first-order valence-corrected chi connectivity index (χ1v) is 8.39. The van der Waals surface area contributed by atoms with Crippen LogP contribution in [-0.4, -0.2) is 38.9 Å². The molecule has 0 amide bonds. The number of sulfonamides is 1. The summed E-state index contributed by atoms with van der Waals surface area (Å²) in [7, 11) is -2.05. The third kappa shape index (κ3) is 3.77. The van der Waals surface area contributed by atoms with Gasteiger partial charge in [-0.2, -0.15) is 0 Å². The molecule has 0 saturated carbocycles. The fourth-order valence-corrected chi connectivity index (χ4v) is 3.65. The Hall–Kier alpha value is -0.980. The molecule has 1 aliphatic rings. The molecule has 4 nitrogen and oxygen atoms in total. The van der Waals surface area contributed by atoms with E-state index in [1.54, 1.807) is 7.05 Å². The minimum absolute atomic E-state index is 0.0107. The van der Waals surface area contributed by atoms with Gasteiger partial charge in [-0.25, -0.2) is 17.1 Å². The number of hydrogen-bond acceptors (Lipinski definition) is 3. The molecule has 112 valence electrons. The highest BCUT2D eigenvalue weighted by Crippen LogP contribution is 2.17. The lowest BCUT2D eigenvalue weighted by atomic mass is 10.0. The summed E-state index contributed by atoms with van der Waals surface area (Å²) in [4.78, 5) is 0.0107. The molecule has 1 aromatic rings. The quantitative estimate of drug-likeness (QED) is 0.904. The molecule has 6 heteroatoms. The molecule has 1 fully saturated rings. The standard InChI is InChI=1S/C14H21FN2O2S/c1-17(10-8-13-6-2-3-9-16-13)20(18,19)14-7-4-5-12(15)11-14/h4-5,7,11,13,16H,2-3,6,8-10H2,1H3. The largest absolute Gasteiger partial charge is 0.314 e. The molecule has 1 atom stereocenters. The van der Waals surface area contributed by atoms with Gasteiger partial charge in [0.1, 0.15) is 5.82 Å². The molecule has 1 aromatic carbocycles. The van der Waals surface area contributed by atoms with Crippen LogP contribution in [0.25, 0.3) is 0 Å². The van der Waals surface area contributed by atoms with E-state index in [-0.39, 0.29) is 4.90 Å². The molecule has 0 aromatic heterocycles. The lowest BCUT2D eigenvalue weighted by Crippen LogP contribution is -2.38. The molecule has 0 aliphatic carbocycles. The van der Waals surface area contributed by atoms with E-state index in [1.807, 2.05) is 0 Å². The summed E-state index contributed by atoms with van der Waals surface area (Å²) in [6, 6.07) is 5.52. The van der Waals surface area contributed by atoms with Crippen molar-refractivity contribution in [3.63, 3.8) is 0 Å². The summed E-state index contributed by atoms with van der Waals surface area (Å²) in [5, 5.41) is 3.39. The van der Waals surface area contributed by atoms with Crippen LogP contribution in [0.15, 0.2) is 29.2 Å². The van der Waals surface area contributed by atoms with Crippen molar-refractivity contribution in [3.8, 4) is 0 Å². The first-order valence-electron chi connectivity index (χ1n) is 6.95. The molecule has 2 rings (SSSR count). The summed E-state index contributed by atoms with van der Waals surface area (Å²) >= 11 is 0. The Bertz CT molecular complexity index is 542. The van der Waals surface area contributed by atoms with Crippen molar-refractivity contribution in [2.75, 3.05) is 20.1 Å². The second kappa shape index (κ2) is 6.65. The van der Waals surface area contributed by atoms with Crippen LogP contribution in [0.4, 0.5) is 4.39 Å². The van der Waals surface area contributed by atoms with E-state index in [9.17, 15) is 12.8 Å². The molecule has 0 radical (unpaired) electrons. The van der Waals surface area contributed by atoms with E-state index < -0.39 is 15.8 Å². The Labute approximate surface area is 120 Å². The van der Waals surface area contributed by atoms with Gasteiger partial charge in [0.15, 0.2) is 0 Å². The van der Waals surface area contributed by atoms with Gasteiger partial charge in [-0.05, 0) is 44.0 Å². The number of piperidine rings is 1. The molecule has 0 bridgehead atoms. The van der Waals surface area contributed by atoms with Gasteiger partial charge in [-0.1, -0.05) is 12.5 Å². The monoisotopic (exact) mass is 300 g/mol. The summed E-state index contributed by atoms with van der Waals surface area (Å²) in [5.41, 5.74) is 0. The summed E-state index contributed by atoms with van der Waals surface area (Å²) in [6.45, 7) is 1.45. The highest BCUT2D eigenvalue weighted by atomic mass is 32.2. The van der Waals surface area contributed by atoms with Gasteiger partial charge in [0.05, 0.1) is 4.90 Å². The zero-order valence-corrected chi connectivity index (χ0v) is 12.5. The predicted octanol–water partition coefficient (Wildman–Crippen LogP) is 1.98. The van der Waals surface area contributed by atoms with E-state index in [4.69, 9.17) is 0 Å². The zero-order valence-electron chi connectivity index (χ0n) is 11.7. The summed E-state index contributed by atoms with van der Waals surface area (Å²) in [5.74, 6) is -0.534. The minimum atomic E-state index is -3.60. The molecule has 1 unspecified atom stereocenters. The van der Waals surface area contributed by atoms with Gasteiger partial charge in [0.2, 0.25) is 10.0 Å². The first-order chi connectivity index (χ1) is 9.50. The highest BCUT2D eigenvalue weighted by molar-refractivity contribution is 7.89. The van der Waals surface area contributed by atoms with Gasteiger partial charge in [-0.3, -0.25) is 0 Å². The van der Waals surface area contributed by atoms with Crippen LogP contribution in [-0.2, 0) is 10.0 Å². The molecule has 20 heavy (non-hydrogen) atoms. The SMILES string of the molecule is CN(CCC1CCCCN1)S(=O)(=O)c1cccc(F)c1. The Morgan fingerprint density at radius 3 is 2.85 bits per heavy atom. The number of halogens is 1. The lowest BCUT2D eigenvalue weighted by Gasteiger charge is -2.25. The van der Waals surface area contributed by atoms with Crippen LogP contribution in [0.2, 0.25) is 0 Å². The highest BCUT2D eigenvalue weighted by Gasteiger charge is 2.22. The molecule has 1 aliphatic heterocycles. The third-order valence-electron chi connectivity index (χ3n) is 3.71. The molecular weight excluding hydrogens is 279 g/mol. The van der Waals surface area contributed by atoms with E-state index in [0.717, 1.165) is 25.5 Å². The second-order valence-corrected chi connectivity index (χ2v) is 7.26. The molecule has 1 heterocycles. The number of nitrogens with one attached hydrogen (secondary N) is 1. The molecular formula is C14H21FN2O2S. The average Bonchev–Trinajstić information content (AvgIpc) is 2.45. The van der Waals surface area contributed by atoms with Crippen molar-refractivity contribution >= 4 is 10.0 Å². The predicted molar refractivity (Wildman–Crippen MR) is 76.5 cm³/mol. The summed E-state index contributed by atoms with van der Waals surface area (Å²) < 4.78 is 39.0. The number of nitrogens with zero attached hydrogens (tertiary/aromatic N) is 1. The average molecular weight is 300 g/mol. The Morgan fingerprint density at radius 1 is 1.40 bits per heavy atom. The van der Waals surface area contributed by atoms with Crippen molar-refractivity contribution in [1.29, 1.82) is 0 Å². The Kier molecular flexibility index (Phi) is 5.12. The van der Waals surface area contributed by atoms with Gasteiger partial charge in [0.25, 0.3) is 0 Å². The van der Waals surface area contributed by atoms with Crippen molar-refractivity contribution < 1.29 is 12.8 Å². The lowest BCUT2D eigenvalue weighted by molar-refractivity contribution is 0.351. The second-order valence-electron chi connectivity index (χ2n) is 5.22. The molecule has 1 N–H and O–H groups in total. The van der Waals surface area contributed by atoms with Crippen molar-refractivity contribution in [1.82, 2.24) is 9.62 Å². The first kappa shape index (κ1) is 15.4. The van der Waals surface area contributed by atoms with Gasteiger partial charge < -0.3 is 5.32 Å². The van der Waals surface area contributed by atoms with Crippen LogP contribution < -0.4 is 5.32 Å². The van der Waals surface area contributed by atoms with Crippen molar-refractivity contribution in [3.05, 3.63) is 30.1 Å². The topological polar surface area (TPSA) is 49.4 Å². The van der Waals surface area contributed by atoms with E-state index >= 15 is 0 Å². The number of rotatable bonds is 5. The third-order valence-corrected chi connectivity index (χ3v) is 5.56. The molecule has 1 saturated heterocycles. The fourth-order valence-electron chi connectivity index (χ4n) is 2.44. The maximum absolute atomic E-state index is 13.1. The zero-order chi connectivity index (χ0) is 14.6. The van der Waals surface area contributed by atoms with Crippen LogP contribution in [0.5, 0.6) is 0 Å². The Balaban J connectivity index is 1.98. The van der Waals surface area contributed by atoms with Crippen LogP contribution in [0.3, 0.4) is 0 Å². The normalized spacial score (nSPS) is 20.2. The molecule has 0 spiro atoms. The van der Waals surface area contributed by atoms with Crippen molar-refractivity contribution in [2.45, 2.75) is 36.6 Å². The Morgan fingerprint density at radius 2 is 2.20 bits per heavy atom. The van der Waals surface area contributed by atoms with Crippen LogP contribution >= 0.6 is 0 Å². The van der Waals surface area contributed by atoms with E-state index in [2.05, 4.69) is 5.32 Å². The fraction of sp³-hybridized carbons (Fsp3) is 0.571. The van der Waals surface area contributed by atoms with Crippen LogP contribution in [0, 0.1) is 5.82 Å². The van der Waals surface area contributed by atoms with Gasteiger partial charge >= 0.3 is 0 Å². The van der Waals surface area contributed by atoms with Crippen molar-refractivity contribution in [2.24, 2.45) is 0 Å². The maximum Gasteiger partial charge on any atom is 0.242 e. The summed E-state index contributed by atoms with van der Waals surface area (Å²) in [6.07, 6.45) is 4.25. The van der Waals surface area contributed by atoms with Gasteiger partial charge in [-0.15, -0.1) is 0 Å². The van der Waals surface area contributed by atoms with E-state index in [1.165, 1.54) is 35.3 Å². The van der Waals surface area contributed by atoms with E-state index in [0.29, 0.717) is 12.6 Å². The minimum Gasteiger partial charge on any atom is -0.314 e. The maximum atomic E-state index is 13.1. The number of hydrogen-bond donors (Lipinski definition) is 1. The number of benzene rings is 1.